The Labute approximate surface area is 205 Å². The fraction of sp³-hybridized carbons (Fsp3) is 0.321. The number of hydrogen-bond donors (Lipinski definition) is 2. The van der Waals surface area contributed by atoms with E-state index in [1.165, 1.54) is 5.56 Å². The zero-order valence-electron chi connectivity index (χ0n) is 20.1. The molecule has 35 heavy (non-hydrogen) atoms. The van der Waals surface area contributed by atoms with Gasteiger partial charge in [0.2, 0.25) is 0 Å². The van der Waals surface area contributed by atoms with E-state index in [0.29, 0.717) is 22.3 Å². The molecule has 1 saturated heterocycles. The maximum absolute atomic E-state index is 12.9. The number of phenols is 1. The van der Waals surface area contributed by atoms with Crippen LogP contribution in [0.5, 0.6) is 5.75 Å². The van der Waals surface area contributed by atoms with E-state index in [-0.39, 0.29) is 23.6 Å². The Morgan fingerprint density at radius 2 is 1.71 bits per heavy atom. The number of piperidine rings is 1. The van der Waals surface area contributed by atoms with Crippen molar-refractivity contribution >= 4 is 23.3 Å². The first-order valence-electron chi connectivity index (χ1n) is 12.1. The van der Waals surface area contributed by atoms with Gasteiger partial charge in [-0.2, -0.15) is 0 Å². The number of hydrogen-bond acceptors (Lipinski definition) is 5. The van der Waals surface area contributed by atoms with Crippen molar-refractivity contribution in [2.24, 2.45) is 0 Å². The molecule has 5 rings (SSSR count). The summed E-state index contributed by atoms with van der Waals surface area (Å²) >= 11 is 0. The van der Waals surface area contributed by atoms with E-state index < -0.39 is 0 Å². The highest BCUT2D eigenvalue weighted by Gasteiger charge is 2.30. The number of ketones is 1. The number of carbonyl (C=O) groups excluding carboxylic acids is 2. The molecular weight excluding hydrogens is 440 g/mol. The van der Waals surface area contributed by atoms with Gasteiger partial charge in [0.1, 0.15) is 11.6 Å². The minimum absolute atomic E-state index is 0.0194. The van der Waals surface area contributed by atoms with E-state index in [0.717, 1.165) is 50.4 Å². The first-order valence-corrected chi connectivity index (χ1v) is 12.1. The van der Waals surface area contributed by atoms with Gasteiger partial charge in [-0.15, -0.1) is 0 Å². The van der Waals surface area contributed by atoms with E-state index >= 15 is 0 Å². The van der Waals surface area contributed by atoms with E-state index in [2.05, 4.69) is 21.3 Å². The van der Waals surface area contributed by atoms with Crippen molar-refractivity contribution in [1.82, 2.24) is 9.88 Å². The van der Waals surface area contributed by atoms with Crippen LogP contribution < -0.4 is 10.2 Å². The summed E-state index contributed by atoms with van der Waals surface area (Å²) in [5.41, 5.74) is 4.52. The molecule has 0 saturated carbocycles. The zero-order valence-corrected chi connectivity index (χ0v) is 20.1. The fourth-order valence-electron chi connectivity index (χ4n) is 5.11. The van der Waals surface area contributed by atoms with Gasteiger partial charge < -0.3 is 20.2 Å². The molecule has 180 valence electrons. The minimum Gasteiger partial charge on any atom is -0.507 e. The summed E-state index contributed by atoms with van der Waals surface area (Å²) in [6, 6.07) is 15.3. The maximum Gasteiger partial charge on any atom is 0.322 e. The number of nitrogens with one attached hydrogen (secondary N) is 1. The molecular formula is C28H30N4O3. The molecule has 7 nitrogen and oxygen atoms in total. The third-order valence-electron chi connectivity index (χ3n) is 7.13. The predicted molar refractivity (Wildman–Crippen MR) is 136 cm³/mol. The highest BCUT2D eigenvalue weighted by Crippen LogP contribution is 2.27. The van der Waals surface area contributed by atoms with E-state index in [4.69, 9.17) is 0 Å². The van der Waals surface area contributed by atoms with Crippen LogP contribution in [0.15, 0.2) is 54.7 Å². The number of amides is 2. The number of fused-ring (bicyclic) bond motifs is 1. The standard InChI is InChI=1S/C28H30N4O3/c1-18-15-22(16-19(2)26(18)33)27(34)21-7-8-25(29-17-21)31-12-10-23(11-13-31)32-14-9-20-5-3-4-6-24(20)30-28(32)35/h3-8,15-17,23,33H,9-14H2,1-2H3,(H,30,35). The van der Waals surface area contributed by atoms with Gasteiger partial charge in [0.15, 0.2) is 5.78 Å². The molecule has 0 unspecified atom stereocenters. The van der Waals surface area contributed by atoms with Crippen LogP contribution >= 0.6 is 0 Å². The summed E-state index contributed by atoms with van der Waals surface area (Å²) in [5.74, 6) is 0.952. The number of nitrogens with zero attached hydrogens (tertiary/aromatic N) is 3. The number of anilines is 2. The fourth-order valence-corrected chi connectivity index (χ4v) is 5.11. The number of aromatic hydroxyl groups is 1. The summed E-state index contributed by atoms with van der Waals surface area (Å²) in [6.45, 7) is 5.91. The summed E-state index contributed by atoms with van der Waals surface area (Å²) in [6.07, 6.45) is 4.23. The van der Waals surface area contributed by atoms with Crippen molar-refractivity contribution in [3.8, 4) is 5.75 Å². The average Bonchev–Trinajstić information content (AvgIpc) is 3.05. The third-order valence-corrected chi connectivity index (χ3v) is 7.13. The second-order valence-electron chi connectivity index (χ2n) is 9.44. The normalized spacial score (nSPS) is 16.5. The molecule has 3 aromatic rings. The molecule has 2 aromatic carbocycles. The number of urea groups is 1. The quantitative estimate of drug-likeness (QED) is 0.540. The van der Waals surface area contributed by atoms with Gasteiger partial charge in [0.05, 0.1) is 0 Å². The molecule has 2 aliphatic heterocycles. The van der Waals surface area contributed by atoms with Gasteiger partial charge >= 0.3 is 6.03 Å². The molecule has 1 fully saturated rings. The molecule has 0 spiro atoms. The Morgan fingerprint density at radius 1 is 1.00 bits per heavy atom. The van der Waals surface area contributed by atoms with Crippen LogP contribution in [0.3, 0.4) is 0 Å². The summed E-state index contributed by atoms with van der Waals surface area (Å²) in [7, 11) is 0. The van der Waals surface area contributed by atoms with Crippen LogP contribution in [-0.4, -0.2) is 52.5 Å². The number of para-hydroxylation sites is 1. The van der Waals surface area contributed by atoms with Crippen molar-refractivity contribution in [3.63, 3.8) is 0 Å². The Morgan fingerprint density at radius 3 is 2.40 bits per heavy atom. The topological polar surface area (TPSA) is 85.8 Å². The lowest BCUT2D eigenvalue weighted by Crippen LogP contribution is -2.49. The van der Waals surface area contributed by atoms with Crippen LogP contribution in [0.2, 0.25) is 0 Å². The molecule has 0 aliphatic carbocycles. The second-order valence-corrected chi connectivity index (χ2v) is 9.44. The number of pyridine rings is 1. The van der Waals surface area contributed by atoms with Crippen molar-refractivity contribution in [2.75, 3.05) is 29.9 Å². The number of benzene rings is 2. The van der Waals surface area contributed by atoms with Gasteiger partial charge in [-0.05, 0) is 80.1 Å². The van der Waals surface area contributed by atoms with E-state index in [9.17, 15) is 14.7 Å². The monoisotopic (exact) mass is 470 g/mol. The Bertz CT molecular complexity index is 1240. The number of carbonyl (C=O) groups is 2. The van der Waals surface area contributed by atoms with Crippen LogP contribution in [0.1, 0.15) is 45.5 Å². The van der Waals surface area contributed by atoms with Gasteiger partial charge in [-0.3, -0.25) is 4.79 Å². The second kappa shape index (κ2) is 9.41. The highest BCUT2D eigenvalue weighted by molar-refractivity contribution is 6.09. The van der Waals surface area contributed by atoms with Crippen molar-refractivity contribution in [1.29, 1.82) is 0 Å². The number of rotatable bonds is 4. The third kappa shape index (κ3) is 4.58. The smallest absolute Gasteiger partial charge is 0.322 e. The highest BCUT2D eigenvalue weighted by atomic mass is 16.3. The zero-order chi connectivity index (χ0) is 24.5. The summed E-state index contributed by atoms with van der Waals surface area (Å²) in [5, 5.41) is 13.0. The van der Waals surface area contributed by atoms with E-state index in [1.807, 2.05) is 35.2 Å². The lowest BCUT2D eigenvalue weighted by Gasteiger charge is -2.38. The Balaban J connectivity index is 1.22. The van der Waals surface area contributed by atoms with Gasteiger partial charge in [0, 0.05) is 48.7 Å². The van der Waals surface area contributed by atoms with E-state index in [1.54, 1.807) is 32.2 Å². The first-order chi connectivity index (χ1) is 16.9. The SMILES string of the molecule is Cc1cc(C(=O)c2ccc(N3CCC(N4CCc5ccccc5NC4=O)CC3)nc2)cc(C)c1O. The van der Waals surface area contributed by atoms with Crippen LogP contribution in [0, 0.1) is 13.8 Å². The maximum atomic E-state index is 12.9. The van der Waals surface area contributed by atoms with Gasteiger partial charge in [0.25, 0.3) is 0 Å². The predicted octanol–water partition coefficient (Wildman–Crippen LogP) is 4.69. The molecule has 7 heteroatoms. The van der Waals surface area contributed by atoms with Crippen LogP contribution in [0.4, 0.5) is 16.3 Å². The lowest BCUT2D eigenvalue weighted by atomic mass is 9.99. The van der Waals surface area contributed by atoms with Crippen molar-refractivity contribution in [2.45, 2.75) is 39.2 Å². The van der Waals surface area contributed by atoms with Crippen LogP contribution in [0.25, 0.3) is 0 Å². The summed E-state index contributed by atoms with van der Waals surface area (Å²) in [4.78, 5) is 34.5. The molecule has 2 N–H and O–H groups in total. The van der Waals surface area contributed by atoms with Gasteiger partial charge in [-0.25, -0.2) is 9.78 Å². The Hall–Kier alpha value is -3.87. The molecule has 0 atom stereocenters. The lowest BCUT2D eigenvalue weighted by molar-refractivity contribution is 0.103. The Kier molecular flexibility index (Phi) is 6.16. The van der Waals surface area contributed by atoms with Crippen LogP contribution in [-0.2, 0) is 6.42 Å². The minimum atomic E-state index is -0.109. The number of phenolic OH excluding ortho intramolecular Hbond substituents is 1. The molecule has 0 bridgehead atoms. The molecule has 1 aromatic heterocycles. The average molecular weight is 471 g/mol. The summed E-state index contributed by atoms with van der Waals surface area (Å²) < 4.78 is 0. The number of aryl methyl sites for hydroxylation is 2. The van der Waals surface area contributed by atoms with Gasteiger partial charge in [-0.1, -0.05) is 18.2 Å². The molecule has 0 radical (unpaired) electrons. The molecule has 2 aliphatic rings. The molecule has 2 amide bonds. The number of aromatic nitrogens is 1. The largest absolute Gasteiger partial charge is 0.507 e. The molecule has 3 heterocycles. The van der Waals surface area contributed by atoms with Crippen molar-refractivity contribution in [3.05, 3.63) is 82.5 Å². The first kappa shape index (κ1) is 22.9. The van der Waals surface area contributed by atoms with Crippen molar-refractivity contribution < 1.29 is 14.7 Å².